The van der Waals surface area contributed by atoms with Gasteiger partial charge in [0, 0.05) is 28.6 Å². The van der Waals surface area contributed by atoms with Crippen molar-refractivity contribution in [2.45, 2.75) is 32.4 Å². The molecule has 2 aromatic carbocycles. The lowest BCUT2D eigenvalue weighted by Gasteiger charge is -2.42. The average molecular weight is 453 g/mol. The summed E-state index contributed by atoms with van der Waals surface area (Å²) in [5.74, 6) is -0.300. The minimum absolute atomic E-state index is 0.0124. The lowest BCUT2D eigenvalue weighted by Crippen LogP contribution is -2.48. The lowest BCUT2D eigenvalue weighted by atomic mass is 9.81. The number of carbonyl (C=O) groups excluding carboxylic acids is 2. The van der Waals surface area contributed by atoms with E-state index in [1.807, 2.05) is 70.9 Å². The van der Waals surface area contributed by atoms with Crippen LogP contribution in [0.4, 0.5) is 0 Å². The topological polar surface area (TPSA) is 49.4 Å². The normalized spacial score (nSPS) is 18.2. The van der Waals surface area contributed by atoms with Gasteiger partial charge in [-0.1, -0.05) is 61.8 Å². The van der Waals surface area contributed by atoms with Gasteiger partial charge >= 0.3 is 0 Å². The maximum absolute atomic E-state index is 13.6. The maximum atomic E-state index is 13.6. The first-order valence-electron chi connectivity index (χ1n) is 10.4. The van der Waals surface area contributed by atoms with Gasteiger partial charge in [0.1, 0.15) is 0 Å². The number of fused-ring (bicyclic) bond motifs is 1. The predicted octanol–water partition coefficient (Wildman–Crippen LogP) is 5.65. The summed E-state index contributed by atoms with van der Waals surface area (Å²) in [5.41, 5.74) is 2.33. The second-order valence-corrected chi connectivity index (χ2v) is 9.64. The number of hydrogen-bond donors (Lipinski definition) is 1. The van der Waals surface area contributed by atoms with Crippen LogP contribution in [-0.2, 0) is 11.3 Å². The molecule has 4 rings (SSSR count). The molecule has 0 saturated carbocycles. The van der Waals surface area contributed by atoms with Crippen LogP contribution in [0.3, 0.4) is 0 Å². The van der Waals surface area contributed by atoms with E-state index in [1.165, 1.54) is 0 Å². The molecular formula is C25H25ClN2O2S. The van der Waals surface area contributed by atoms with Crippen molar-refractivity contribution in [1.29, 1.82) is 0 Å². The van der Waals surface area contributed by atoms with Crippen LogP contribution in [0.1, 0.15) is 52.2 Å². The molecule has 0 fully saturated rings. The second kappa shape index (κ2) is 9.25. The molecule has 0 radical (unpaired) electrons. The number of nitrogens with zero attached hydrogens (tertiary/aromatic N) is 1. The SMILES string of the molecule is CC(C)CN1C(=O)c2ccccc2[C@H](C(=O)NCc2cccc(Cl)c2)[C@H]1c1cccs1. The first-order valence-corrected chi connectivity index (χ1v) is 11.7. The number of hydrogen-bond acceptors (Lipinski definition) is 3. The molecule has 2 heterocycles. The van der Waals surface area contributed by atoms with E-state index in [4.69, 9.17) is 11.6 Å². The summed E-state index contributed by atoms with van der Waals surface area (Å²) in [4.78, 5) is 29.9. The van der Waals surface area contributed by atoms with Crippen LogP contribution in [0.5, 0.6) is 0 Å². The summed E-state index contributed by atoms with van der Waals surface area (Å²) >= 11 is 7.68. The smallest absolute Gasteiger partial charge is 0.254 e. The number of rotatable bonds is 6. The third-order valence-corrected chi connectivity index (χ3v) is 6.65. The minimum Gasteiger partial charge on any atom is -0.351 e. The molecule has 1 aliphatic heterocycles. The van der Waals surface area contributed by atoms with Gasteiger partial charge in [-0.25, -0.2) is 0 Å². The molecule has 2 atom stereocenters. The molecule has 0 bridgehead atoms. The van der Waals surface area contributed by atoms with Gasteiger partial charge in [-0.3, -0.25) is 9.59 Å². The van der Waals surface area contributed by atoms with E-state index >= 15 is 0 Å². The van der Waals surface area contributed by atoms with Gasteiger partial charge < -0.3 is 10.2 Å². The standard InChI is InChI=1S/C25H25ClN2O2S/c1-16(2)15-28-23(21-11-6-12-31-21)22(19-9-3-4-10-20(19)25(28)30)24(29)27-14-17-7-5-8-18(26)13-17/h3-13,16,22-23H,14-15H2,1-2H3,(H,27,29)/t22-,23+/m0/s1. The van der Waals surface area contributed by atoms with E-state index in [1.54, 1.807) is 11.3 Å². The average Bonchev–Trinajstić information content (AvgIpc) is 3.28. The zero-order chi connectivity index (χ0) is 22.0. The number of carbonyl (C=O) groups is 2. The molecular weight excluding hydrogens is 428 g/mol. The van der Waals surface area contributed by atoms with Gasteiger partial charge in [-0.05, 0) is 46.7 Å². The van der Waals surface area contributed by atoms with E-state index in [2.05, 4.69) is 19.2 Å². The van der Waals surface area contributed by atoms with Crippen molar-refractivity contribution in [1.82, 2.24) is 10.2 Å². The van der Waals surface area contributed by atoms with Crippen molar-refractivity contribution >= 4 is 34.8 Å². The molecule has 0 unspecified atom stereocenters. The van der Waals surface area contributed by atoms with Gasteiger partial charge in [0.05, 0.1) is 12.0 Å². The fourth-order valence-electron chi connectivity index (χ4n) is 4.19. The van der Waals surface area contributed by atoms with Crippen LogP contribution < -0.4 is 5.32 Å². The Hall–Kier alpha value is -2.63. The fraction of sp³-hybridized carbons (Fsp3) is 0.280. The maximum Gasteiger partial charge on any atom is 0.254 e. The van der Waals surface area contributed by atoms with Crippen molar-refractivity contribution in [3.05, 3.63) is 92.6 Å². The Morgan fingerprint density at radius 1 is 1.13 bits per heavy atom. The molecule has 1 aliphatic rings. The highest BCUT2D eigenvalue weighted by Gasteiger charge is 2.44. The highest BCUT2D eigenvalue weighted by atomic mass is 35.5. The van der Waals surface area contributed by atoms with Gasteiger partial charge in [0.25, 0.3) is 5.91 Å². The van der Waals surface area contributed by atoms with Crippen molar-refractivity contribution in [3.63, 3.8) is 0 Å². The van der Waals surface area contributed by atoms with Crippen LogP contribution in [0, 0.1) is 5.92 Å². The predicted molar refractivity (Wildman–Crippen MR) is 125 cm³/mol. The molecule has 0 saturated heterocycles. The van der Waals surface area contributed by atoms with Crippen molar-refractivity contribution in [2.75, 3.05) is 6.54 Å². The quantitative estimate of drug-likeness (QED) is 0.525. The zero-order valence-electron chi connectivity index (χ0n) is 17.5. The fourth-order valence-corrected chi connectivity index (χ4v) is 5.28. The molecule has 3 aromatic rings. The van der Waals surface area contributed by atoms with Crippen LogP contribution in [0.25, 0.3) is 0 Å². The van der Waals surface area contributed by atoms with Gasteiger partial charge in [-0.15, -0.1) is 11.3 Å². The van der Waals surface area contributed by atoms with Gasteiger partial charge in [0.15, 0.2) is 0 Å². The molecule has 4 nitrogen and oxygen atoms in total. The van der Waals surface area contributed by atoms with Crippen LogP contribution >= 0.6 is 22.9 Å². The van der Waals surface area contributed by atoms with Crippen LogP contribution in [-0.4, -0.2) is 23.3 Å². The van der Waals surface area contributed by atoms with Crippen molar-refractivity contribution in [3.8, 4) is 0 Å². The summed E-state index contributed by atoms with van der Waals surface area (Å²) in [6.45, 7) is 5.15. The molecule has 1 aromatic heterocycles. The number of thiophene rings is 1. The van der Waals surface area contributed by atoms with Gasteiger partial charge in [0.2, 0.25) is 5.91 Å². The molecule has 0 aliphatic carbocycles. The Bertz CT molecular complexity index is 1080. The number of amides is 2. The number of halogens is 1. The third-order valence-electron chi connectivity index (χ3n) is 5.47. The third kappa shape index (κ3) is 4.53. The summed E-state index contributed by atoms with van der Waals surface area (Å²) < 4.78 is 0. The largest absolute Gasteiger partial charge is 0.351 e. The molecule has 1 N–H and O–H groups in total. The Balaban J connectivity index is 1.73. The molecule has 0 spiro atoms. The lowest BCUT2D eigenvalue weighted by molar-refractivity contribution is -0.124. The molecule has 160 valence electrons. The van der Waals surface area contributed by atoms with E-state index in [0.29, 0.717) is 23.7 Å². The van der Waals surface area contributed by atoms with Crippen LogP contribution in [0.2, 0.25) is 5.02 Å². The highest BCUT2D eigenvalue weighted by Crippen LogP contribution is 2.44. The second-order valence-electron chi connectivity index (χ2n) is 8.22. The molecule has 31 heavy (non-hydrogen) atoms. The first-order chi connectivity index (χ1) is 15.0. The van der Waals surface area contributed by atoms with Gasteiger partial charge in [-0.2, -0.15) is 0 Å². The summed E-state index contributed by atoms with van der Waals surface area (Å²) in [6.07, 6.45) is 0. The van der Waals surface area contributed by atoms with Crippen LogP contribution in [0.15, 0.2) is 66.0 Å². The van der Waals surface area contributed by atoms with Crippen molar-refractivity contribution in [2.24, 2.45) is 5.92 Å². The first kappa shape index (κ1) is 21.6. The Morgan fingerprint density at radius 2 is 1.94 bits per heavy atom. The van der Waals surface area contributed by atoms with E-state index in [-0.39, 0.29) is 23.8 Å². The minimum atomic E-state index is -0.481. The van der Waals surface area contributed by atoms with E-state index in [0.717, 1.165) is 16.0 Å². The monoisotopic (exact) mass is 452 g/mol. The summed E-state index contributed by atoms with van der Waals surface area (Å²) in [7, 11) is 0. The van der Waals surface area contributed by atoms with Crippen molar-refractivity contribution < 1.29 is 9.59 Å². The highest BCUT2D eigenvalue weighted by molar-refractivity contribution is 7.10. The number of benzene rings is 2. The Labute approximate surface area is 191 Å². The summed E-state index contributed by atoms with van der Waals surface area (Å²) in [6, 6.07) is 18.6. The Morgan fingerprint density at radius 3 is 2.65 bits per heavy atom. The zero-order valence-corrected chi connectivity index (χ0v) is 19.1. The molecule has 2 amide bonds. The molecule has 6 heteroatoms. The van der Waals surface area contributed by atoms with E-state index < -0.39 is 5.92 Å². The number of nitrogens with one attached hydrogen (secondary N) is 1. The Kier molecular flexibility index (Phi) is 6.44. The van der Waals surface area contributed by atoms with E-state index in [9.17, 15) is 9.59 Å². The summed E-state index contributed by atoms with van der Waals surface area (Å²) in [5, 5.41) is 5.72.